The van der Waals surface area contributed by atoms with Crippen molar-refractivity contribution in [1.29, 1.82) is 0 Å². The van der Waals surface area contributed by atoms with Crippen molar-refractivity contribution in [3.63, 3.8) is 0 Å². The summed E-state index contributed by atoms with van der Waals surface area (Å²) >= 11 is 0. The van der Waals surface area contributed by atoms with Gasteiger partial charge in [-0.3, -0.25) is 9.58 Å². The van der Waals surface area contributed by atoms with E-state index in [1.807, 2.05) is 27.8 Å². The highest BCUT2D eigenvalue weighted by Crippen LogP contribution is 2.16. The maximum absolute atomic E-state index is 12.2. The van der Waals surface area contributed by atoms with Crippen molar-refractivity contribution in [2.45, 2.75) is 39.0 Å². The Bertz CT molecular complexity index is 510. The molecule has 124 valence electrons. The number of nitrogens with two attached hydrogens (primary N) is 1. The molecule has 2 heterocycles. The van der Waals surface area contributed by atoms with Gasteiger partial charge < -0.3 is 15.4 Å². The van der Waals surface area contributed by atoms with Crippen LogP contribution in [0.15, 0.2) is 6.33 Å². The van der Waals surface area contributed by atoms with Gasteiger partial charge in [-0.1, -0.05) is 0 Å². The minimum atomic E-state index is -0.481. The molecule has 0 spiro atoms. The van der Waals surface area contributed by atoms with E-state index in [9.17, 15) is 4.79 Å². The molecule has 1 amide bonds. The summed E-state index contributed by atoms with van der Waals surface area (Å²) in [6, 6.07) is 0.0953. The molecule has 0 aliphatic carbocycles. The largest absolute Gasteiger partial charge is 0.444 e. The first-order chi connectivity index (χ1) is 10.3. The summed E-state index contributed by atoms with van der Waals surface area (Å²) in [7, 11) is 1.87. The van der Waals surface area contributed by atoms with Crippen molar-refractivity contribution in [2.24, 2.45) is 12.8 Å². The molecule has 8 heteroatoms. The van der Waals surface area contributed by atoms with Gasteiger partial charge in [-0.2, -0.15) is 5.10 Å². The molecular formula is C14H26N6O2. The van der Waals surface area contributed by atoms with Gasteiger partial charge in [-0.15, -0.1) is 0 Å². The van der Waals surface area contributed by atoms with Crippen LogP contribution < -0.4 is 5.73 Å². The molecule has 1 aromatic heterocycles. The van der Waals surface area contributed by atoms with E-state index in [2.05, 4.69) is 15.0 Å². The minimum absolute atomic E-state index is 0.0953. The predicted molar refractivity (Wildman–Crippen MR) is 82.1 cm³/mol. The fourth-order valence-electron chi connectivity index (χ4n) is 2.46. The van der Waals surface area contributed by atoms with Crippen molar-refractivity contribution in [1.82, 2.24) is 24.6 Å². The molecule has 8 nitrogen and oxygen atoms in total. The lowest BCUT2D eigenvalue weighted by Crippen LogP contribution is -2.57. The zero-order chi connectivity index (χ0) is 16.3. The quantitative estimate of drug-likeness (QED) is 0.857. The van der Waals surface area contributed by atoms with Gasteiger partial charge in [0.05, 0.1) is 6.54 Å². The van der Waals surface area contributed by atoms with Gasteiger partial charge in [0.15, 0.2) is 0 Å². The van der Waals surface area contributed by atoms with Crippen molar-refractivity contribution in [3.05, 3.63) is 12.2 Å². The Labute approximate surface area is 131 Å². The molecule has 1 aromatic rings. The minimum Gasteiger partial charge on any atom is -0.444 e. The van der Waals surface area contributed by atoms with E-state index in [1.54, 1.807) is 15.9 Å². The van der Waals surface area contributed by atoms with Crippen LogP contribution >= 0.6 is 0 Å². The predicted octanol–water partition coefficient (Wildman–Crippen LogP) is 0.195. The average Bonchev–Trinajstić information content (AvgIpc) is 2.82. The van der Waals surface area contributed by atoms with Crippen LogP contribution in [-0.4, -0.2) is 68.5 Å². The summed E-state index contributed by atoms with van der Waals surface area (Å²) < 4.78 is 7.19. The molecule has 0 radical (unpaired) electrons. The molecule has 2 rings (SSSR count). The molecule has 1 aliphatic rings. The van der Waals surface area contributed by atoms with E-state index in [1.165, 1.54) is 0 Å². The number of amides is 1. The molecule has 1 unspecified atom stereocenters. The highest BCUT2D eigenvalue weighted by atomic mass is 16.6. The van der Waals surface area contributed by atoms with Gasteiger partial charge in [0, 0.05) is 39.3 Å². The second kappa shape index (κ2) is 6.62. The number of hydrogen-bond acceptors (Lipinski definition) is 6. The number of nitrogens with zero attached hydrogens (tertiary/aromatic N) is 5. The van der Waals surface area contributed by atoms with Gasteiger partial charge in [-0.05, 0) is 20.8 Å². The van der Waals surface area contributed by atoms with Crippen LogP contribution in [0.4, 0.5) is 4.79 Å². The van der Waals surface area contributed by atoms with Gasteiger partial charge in [0.25, 0.3) is 0 Å². The fraction of sp³-hybridized carbons (Fsp3) is 0.786. The third-order valence-corrected chi connectivity index (χ3v) is 3.68. The number of hydrogen-bond donors (Lipinski definition) is 1. The molecule has 0 bridgehead atoms. The first kappa shape index (κ1) is 16.7. The van der Waals surface area contributed by atoms with Crippen LogP contribution in [0, 0.1) is 0 Å². The highest BCUT2D eigenvalue weighted by molar-refractivity contribution is 5.68. The van der Waals surface area contributed by atoms with E-state index in [-0.39, 0.29) is 12.1 Å². The zero-order valence-corrected chi connectivity index (χ0v) is 13.8. The summed E-state index contributed by atoms with van der Waals surface area (Å²) in [5.74, 6) is 0.893. The molecule has 1 saturated heterocycles. The SMILES string of the molecule is Cn1ncnc1CN1CCN(C(=O)OC(C)(C)C)CC1CN. The van der Waals surface area contributed by atoms with Gasteiger partial charge in [-0.25, -0.2) is 9.78 Å². The Morgan fingerprint density at radius 2 is 2.18 bits per heavy atom. The lowest BCUT2D eigenvalue weighted by molar-refractivity contribution is 0.00300. The Morgan fingerprint density at radius 3 is 2.73 bits per heavy atom. The Hall–Kier alpha value is -1.67. The molecule has 1 atom stereocenters. The van der Waals surface area contributed by atoms with Crippen LogP contribution in [0.1, 0.15) is 26.6 Å². The number of ether oxygens (including phenoxy) is 1. The molecule has 1 aliphatic heterocycles. The van der Waals surface area contributed by atoms with Crippen molar-refractivity contribution >= 4 is 6.09 Å². The number of piperazine rings is 1. The van der Waals surface area contributed by atoms with E-state index >= 15 is 0 Å². The number of aryl methyl sites for hydroxylation is 1. The second-order valence-corrected chi connectivity index (χ2v) is 6.59. The number of rotatable bonds is 3. The summed E-state index contributed by atoms with van der Waals surface area (Å²) in [6.45, 7) is 8.72. The number of aromatic nitrogens is 3. The maximum Gasteiger partial charge on any atom is 0.410 e. The Balaban J connectivity index is 1.96. The van der Waals surface area contributed by atoms with Crippen LogP contribution in [-0.2, 0) is 18.3 Å². The maximum atomic E-state index is 12.2. The lowest BCUT2D eigenvalue weighted by Gasteiger charge is -2.40. The third kappa shape index (κ3) is 4.17. The summed E-state index contributed by atoms with van der Waals surface area (Å²) in [6.07, 6.45) is 1.27. The number of carbonyl (C=O) groups is 1. The molecular weight excluding hydrogens is 284 g/mol. The smallest absolute Gasteiger partial charge is 0.410 e. The number of carbonyl (C=O) groups excluding carboxylic acids is 1. The standard InChI is InChI=1S/C14H26N6O2/c1-14(2,3)22-13(21)20-6-5-19(11(7-15)8-20)9-12-16-10-17-18(12)4/h10-11H,5-9,15H2,1-4H3. The normalized spacial score (nSPS) is 20.2. The highest BCUT2D eigenvalue weighted by Gasteiger charge is 2.31. The molecule has 22 heavy (non-hydrogen) atoms. The van der Waals surface area contributed by atoms with E-state index in [0.717, 1.165) is 12.4 Å². The summed E-state index contributed by atoms with van der Waals surface area (Å²) in [4.78, 5) is 20.4. The molecule has 0 aromatic carbocycles. The van der Waals surface area contributed by atoms with Gasteiger partial charge >= 0.3 is 6.09 Å². The molecule has 0 saturated carbocycles. The topological polar surface area (TPSA) is 89.5 Å². The lowest BCUT2D eigenvalue weighted by atomic mass is 10.1. The van der Waals surface area contributed by atoms with Crippen molar-refractivity contribution in [3.8, 4) is 0 Å². The fourth-order valence-corrected chi connectivity index (χ4v) is 2.46. The monoisotopic (exact) mass is 310 g/mol. The Kier molecular flexibility index (Phi) is 5.02. The second-order valence-electron chi connectivity index (χ2n) is 6.59. The zero-order valence-electron chi connectivity index (χ0n) is 13.8. The van der Waals surface area contributed by atoms with Crippen molar-refractivity contribution < 1.29 is 9.53 Å². The first-order valence-corrected chi connectivity index (χ1v) is 7.55. The van der Waals surface area contributed by atoms with Gasteiger partial charge in [0.2, 0.25) is 0 Å². The van der Waals surface area contributed by atoms with Crippen molar-refractivity contribution in [2.75, 3.05) is 26.2 Å². The van der Waals surface area contributed by atoms with Crippen LogP contribution in [0.2, 0.25) is 0 Å². The third-order valence-electron chi connectivity index (χ3n) is 3.68. The first-order valence-electron chi connectivity index (χ1n) is 7.55. The average molecular weight is 310 g/mol. The summed E-state index contributed by atoms with van der Waals surface area (Å²) in [5.41, 5.74) is 5.41. The van der Waals surface area contributed by atoms with Crippen LogP contribution in [0.25, 0.3) is 0 Å². The van der Waals surface area contributed by atoms with Crippen LogP contribution in [0.3, 0.4) is 0 Å². The van der Waals surface area contributed by atoms with Crippen LogP contribution in [0.5, 0.6) is 0 Å². The van der Waals surface area contributed by atoms with E-state index < -0.39 is 5.60 Å². The molecule has 2 N–H and O–H groups in total. The van der Waals surface area contributed by atoms with E-state index in [0.29, 0.717) is 26.2 Å². The van der Waals surface area contributed by atoms with E-state index in [4.69, 9.17) is 10.5 Å². The van der Waals surface area contributed by atoms with Gasteiger partial charge in [0.1, 0.15) is 17.8 Å². The summed E-state index contributed by atoms with van der Waals surface area (Å²) in [5, 5.41) is 4.08. The Morgan fingerprint density at radius 1 is 1.45 bits per heavy atom. The molecule has 1 fully saturated rings.